The van der Waals surface area contributed by atoms with Crippen LogP contribution >= 0.6 is 0 Å². The summed E-state index contributed by atoms with van der Waals surface area (Å²) >= 11 is 0. The van der Waals surface area contributed by atoms with E-state index in [2.05, 4.69) is 29.4 Å². The molecule has 0 aliphatic rings. The molecule has 1 N–H and O–H groups in total. The number of nitrogens with zero attached hydrogens (tertiary/aromatic N) is 2. The number of hydrogen-bond donors (Lipinski definition) is 1. The minimum absolute atomic E-state index is 0.190. The summed E-state index contributed by atoms with van der Waals surface area (Å²) in [6.45, 7) is 4.36. The zero-order valence-corrected chi connectivity index (χ0v) is 12.7. The first-order chi connectivity index (χ1) is 9.31. The standard InChI is InChI=1S/C15H29N3O/c1-4-6-7-8-9-10-11-12-14-17-18-15(19-14)13(5-2)16-3/h13,16H,4-12H2,1-3H3. The van der Waals surface area contributed by atoms with Gasteiger partial charge in [-0.25, -0.2) is 0 Å². The first-order valence-electron chi connectivity index (χ1n) is 7.81. The second kappa shape index (κ2) is 9.96. The van der Waals surface area contributed by atoms with Crippen molar-refractivity contribution in [2.75, 3.05) is 7.05 Å². The minimum atomic E-state index is 0.190. The summed E-state index contributed by atoms with van der Waals surface area (Å²) in [6.07, 6.45) is 11.1. The van der Waals surface area contributed by atoms with Crippen molar-refractivity contribution in [3.05, 3.63) is 11.8 Å². The maximum atomic E-state index is 5.69. The highest BCUT2D eigenvalue weighted by Crippen LogP contribution is 2.16. The molecule has 4 nitrogen and oxygen atoms in total. The SMILES string of the molecule is CCCCCCCCCc1nnc(C(CC)NC)o1. The maximum absolute atomic E-state index is 5.69. The normalized spacial score (nSPS) is 12.8. The maximum Gasteiger partial charge on any atom is 0.233 e. The van der Waals surface area contributed by atoms with Crippen molar-refractivity contribution in [3.8, 4) is 0 Å². The fourth-order valence-corrected chi connectivity index (χ4v) is 2.24. The summed E-state index contributed by atoms with van der Waals surface area (Å²) in [5.74, 6) is 1.51. The predicted octanol–water partition coefficient (Wildman–Crippen LogP) is 4.03. The van der Waals surface area contributed by atoms with Crippen LogP contribution in [0.4, 0.5) is 0 Å². The molecule has 1 heterocycles. The fourth-order valence-electron chi connectivity index (χ4n) is 2.24. The summed E-state index contributed by atoms with van der Waals surface area (Å²) in [5, 5.41) is 11.4. The highest BCUT2D eigenvalue weighted by molar-refractivity contribution is 4.89. The zero-order valence-electron chi connectivity index (χ0n) is 12.7. The molecule has 1 unspecified atom stereocenters. The van der Waals surface area contributed by atoms with Gasteiger partial charge in [0.2, 0.25) is 11.8 Å². The molecular formula is C15H29N3O. The van der Waals surface area contributed by atoms with E-state index < -0.39 is 0 Å². The van der Waals surface area contributed by atoms with Gasteiger partial charge in [-0.1, -0.05) is 52.4 Å². The topological polar surface area (TPSA) is 51.0 Å². The Morgan fingerprint density at radius 2 is 1.68 bits per heavy atom. The molecule has 0 amide bonds. The molecule has 0 aromatic carbocycles. The van der Waals surface area contributed by atoms with Gasteiger partial charge in [-0.3, -0.25) is 0 Å². The van der Waals surface area contributed by atoms with Gasteiger partial charge >= 0.3 is 0 Å². The van der Waals surface area contributed by atoms with Crippen molar-refractivity contribution < 1.29 is 4.42 Å². The second-order valence-corrected chi connectivity index (χ2v) is 5.15. The van der Waals surface area contributed by atoms with Gasteiger partial charge in [-0.15, -0.1) is 10.2 Å². The van der Waals surface area contributed by atoms with Crippen LogP contribution in [0.25, 0.3) is 0 Å². The number of hydrogen-bond acceptors (Lipinski definition) is 4. The van der Waals surface area contributed by atoms with Gasteiger partial charge in [0, 0.05) is 6.42 Å². The third-order valence-corrected chi connectivity index (χ3v) is 3.53. The Morgan fingerprint density at radius 1 is 1.00 bits per heavy atom. The Labute approximate surface area is 117 Å². The van der Waals surface area contributed by atoms with Crippen LogP contribution in [-0.2, 0) is 6.42 Å². The second-order valence-electron chi connectivity index (χ2n) is 5.15. The minimum Gasteiger partial charge on any atom is -0.424 e. The average Bonchev–Trinajstić information content (AvgIpc) is 2.88. The molecule has 0 saturated carbocycles. The lowest BCUT2D eigenvalue weighted by molar-refractivity contribution is 0.382. The van der Waals surface area contributed by atoms with E-state index in [0.717, 1.165) is 31.0 Å². The predicted molar refractivity (Wildman–Crippen MR) is 78.1 cm³/mol. The quantitative estimate of drug-likeness (QED) is 0.615. The van der Waals surface area contributed by atoms with Gasteiger partial charge in [-0.05, 0) is 19.9 Å². The van der Waals surface area contributed by atoms with E-state index in [4.69, 9.17) is 4.42 Å². The summed E-state index contributed by atoms with van der Waals surface area (Å²) in [7, 11) is 1.92. The number of aromatic nitrogens is 2. The lowest BCUT2D eigenvalue weighted by atomic mass is 10.1. The van der Waals surface area contributed by atoms with Crippen LogP contribution in [0.3, 0.4) is 0 Å². The lowest BCUT2D eigenvalue weighted by Gasteiger charge is -2.07. The summed E-state index contributed by atoms with van der Waals surface area (Å²) < 4.78 is 5.69. The van der Waals surface area contributed by atoms with Gasteiger partial charge in [0.05, 0.1) is 6.04 Å². The molecule has 0 aliphatic heterocycles. The van der Waals surface area contributed by atoms with Crippen molar-refractivity contribution >= 4 is 0 Å². The molecule has 0 bridgehead atoms. The molecule has 0 saturated heterocycles. The zero-order chi connectivity index (χ0) is 13.9. The number of rotatable bonds is 11. The third kappa shape index (κ3) is 6.19. The van der Waals surface area contributed by atoms with Crippen molar-refractivity contribution in [1.82, 2.24) is 15.5 Å². The van der Waals surface area contributed by atoms with Crippen LogP contribution in [0.2, 0.25) is 0 Å². The summed E-state index contributed by atoms with van der Waals surface area (Å²) in [4.78, 5) is 0. The van der Waals surface area contributed by atoms with Crippen molar-refractivity contribution in [1.29, 1.82) is 0 Å². The van der Waals surface area contributed by atoms with Gasteiger partial charge in [0.15, 0.2) is 0 Å². The first-order valence-corrected chi connectivity index (χ1v) is 7.81. The first kappa shape index (κ1) is 16.2. The smallest absolute Gasteiger partial charge is 0.233 e. The largest absolute Gasteiger partial charge is 0.424 e. The van der Waals surface area contributed by atoms with Crippen molar-refractivity contribution in [2.45, 2.75) is 77.7 Å². The molecular weight excluding hydrogens is 238 g/mol. The molecule has 0 fully saturated rings. The van der Waals surface area contributed by atoms with Gasteiger partial charge in [-0.2, -0.15) is 0 Å². The third-order valence-electron chi connectivity index (χ3n) is 3.53. The molecule has 4 heteroatoms. The molecule has 1 rings (SSSR count). The van der Waals surface area contributed by atoms with Crippen LogP contribution in [-0.4, -0.2) is 17.2 Å². The number of unbranched alkanes of at least 4 members (excludes halogenated alkanes) is 6. The monoisotopic (exact) mass is 267 g/mol. The lowest BCUT2D eigenvalue weighted by Crippen LogP contribution is -2.15. The van der Waals surface area contributed by atoms with E-state index >= 15 is 0 Å². The van der Waals surface area contributed by atoms with Crippen LogP contribution < -0.4 is 5.32 Å². The van der Waals surface area contributed by atoms with Crippen LogP contribution in [0.1, 0.15) is 83.0 Å². The molecule has 0 spiro atoms. The molecule has 1 aromatic heterocycles. The Bertz CT molecular complexity index is 321. The molecule has 0 aliphatic carbocycles. The number of nitrogens with one attached hydrogen (secondary N) is 1. The molecule has 110 valence electrons. The average molecular weight is 267 g/mol. The Balaban J connectivity index is 2.16. The van der Waals surface area contributed by atoms with Gasteiger partial charge in [0.25, 0.3) is 0 Å². The van der Waals surface area contributed by atoms with E-state index in [9.17, 15) is 0 Å². The van der Waals surface area contributed by atoms with Crippen LogP contribution in [0.15, 0.2) is 4.42 Å². The van der Waals surface area contributed by atoms with E-state index in [0.29, 0.717) is 0 Å². The van der Waals surface area contributed by atoms with Crippen molar-refractivity contribution in [3.63, 3.8) is 0 Å². The highest BCUT2D eigenvalue weighted by atomic mass is 16.4. The van der Waals surface area contributed by atoms with E-state index in [1.165, 1.54) is 38.5 Å². The Hall–Kier alpha value is -0.900. The summed E-state index contributed by atoms with van der Waals surface area (Å²) in [6, 6.07) is 0.190. The highest BCUT2D eigenvalue weighted by Gasteiger charge is 2.14. The van der Waals surface area contributed by atoms with E-state index in [1.807, 2.05) is 7.05 Å². The van der Waals surface area contributed by atoms with Gasteiger partial charge < -0.3 is 9.73 Å². The van der Waals surface area contributed by atoms with Crippen molar-refractivity contribution in [2.24, 2.45) is 0 Å². The van der Waals surface area contributed by atoms with E-state index in [-0.39, 0.29) is 6.04 Å². The fraction of sp³-hybridized carbons (Fsp3) is 0.867. The number of aryl methyl sites for hydroxylation is 1. The molecule has 0 radical (unpaired) electrons. The van der Waals surface area contributed by atoms with Crippen LogP contribution in [0.5, 0.6) is 0 Å². The molecule has 1 atom stereocenters. The van der Waals surface area contributed by atoms with Crippen LogP contribution in [0, 0.1) is 0 Å². The molecule has 19 heavy (non-hydrogen) atoms. The Morgan fingerprint density at radius 3 is 2.32 bits per heavy atom. The Kier molecular flexibility index (Phi) is 8.47. The summed E-state index contributed by atoms with van der Waals surface area (Å²) in [5.41, 5.74) is 0. The van der Waals surface area contributed by atoms with Gasteiger partial charge in [0.1, 0.15) is 0 Å². The molecule has 1 aromatic rings. The van der Waals surface area contributed by atoms with E-state index in [1.54, 1.807) is 0 Å².